The largest absolute Gasteiger partial charge is 0.508 e. The summed E-state index contributed by atoms with van der Waals surface area (Å²) in [7, 11) is 0. The Morgan fingerprint density at radius 2 is 1.79 bits per heavy atom. The molecular formula is C11H10N2O. The molecule has 0 atom stereocenters. The number of nitrogens with zero attached hydrogens (tertiary/aromatic N) is 2. The molecular weight excluding hydrogens is 176 g/mol. The first-order valence-electron chi connectivity index (χ1n) is 4.35. The Morgan fingerprint density at radius 1 is 1.07 bits per heavy atom. The van der Waals surface area contributed by atoms with Gasteiger partial charge in [-0.25, -0.2) is 0 Å². The number of phenols is 1. The third-order valence-corrected chi connectivity index (χ3v) is 2.06. The van der Waals surface area contributed by atoms with E-state index in [-0.39, 0.29) is 5.75 Å². The normalized spacial score (nSPS) is 10.1. The first kappa shape index (κ1) is 8.69. The molecule has 0 aliphatic heterocycles. The van der Waals surface area contributed by atoms with Crippen LogP contribution >= 0.6 is 0 Å². The average Bonchev–Trinajstić information content (AvgIpc) is 2.20. The number of phenolic OH excluding ortho intramolecular Hbond substituents is 1. The van der Waals surface area contributed by atoms with Crippen LogP contribution in [0.3, 0.4) is 0 Å². The molecule has 2 aromatic rings. The summed E-state index contributed by atoms with van der Waals surface area (Å²) in [6.45, 7) is 1.98. The van der Waals surface area contributed by atoms with Crippen molar-refractivity contribution in [1.82, 2.24) is 10.2 Å². The lowest BCUT2D eigenvalue weighted by atomic mass is 10.1. The Morgan fingerprint density at radius 3 is 2.43 bits per heavy atom. The van der Waals surface area contributed by atoms with E-state index in [2.05, 4.69) is 10.2 Å². The summed E-state index contributed by atoms with van der Waals surface area (Å²) >= 11 is 0. The number of hydrogen-bond donors (Lipinski definition) is 1. The summed E-state index contributed by atoms with van der Waals surface area (Å²) in [6, 6.07) is 8.85. The van der Waals surface area contributed by atoms with E-state index < -0.39 is 0 Å². The molecule has 1 heterocycles. The predicted molar refractivity (Wildman–Crippen MR) is 53.9 cm³/mol. The van der Waals surface area contributed by atoms with Crippen LogP contribution in [0.15, 0.2) is 36.5 Å². The second-order valence-corrected chi connectivity index (χ2v) is 3.11. The van der Waals surface area contributed by atoms with Crippen molar-refractivity contribution in [1.29, 1.82) is 0 Å². The van der Waals surface area contributed by atoms with Crippen LogP contribution < -0.4 is 0 Å². The molecule has 0 saturated heterocycles. The number of benzene rings is 1. The van der Waals surface area contributed by atoms with Crippen molar-refractivity contribution >= 4 is 0 Å². The molecule has 0 aliphatic carbocycles. The van der Waals surface area contributed by atoms with Gasteiger partial charge in [0, 0.05) is 11.8 Å². The van der Waals surface area contributed by atoms with Crippen LogP contribution in [0.5, 0.6) is 5.75 Å². The van der Waals surface area contributed by atoms with E-state index in [1.807, 2.05) is 25.1 Å². The Hall–Kier alpha value is -1.90. The van der Waals surface area contributed by atoms with E-state index in [1.165, 1.54) is 0 Å². The summed E-state index contributed by atoms with van der Waals surface area (Å²) in [5.74, 6) is 0.260. The molecule has 0 radical (unpaired) electrons. The molecule has 0 amide bonds. The zero-order chi connectivity index (χ0) is 9.97. The first-order chi connectivity index (χ1) is 6.77. The van der Waals surface area contributed by atoms with E-state index in [0.717, 1.165) is 16.8 Å². The maximum absolute atomic E-state index is 9.14. The molecule has 0 saturated carbocycles. The fourth-order valence-corrected chi connectivity index (χ4v) is 1.30. The molecule has 0 fully saturated rings. The van der Waals surface area contributed by atoms with Crippen molar-refractivity contribution in [3.05, 3.63) is 42.1 Å². The van der Waals surface area contributed by atoms with Gasteiger partial charge in [0.1, 0.15) is 5.75 Å². The van der Waals surface area contributed by atoms with Crippen LogP contribution in [0.1, 0.15) is 5.56 Å². The lowest BCUT2D eigenvalue weighted by Gasteiger charge is -2.02. The molecule has 3 heteroatoms. The highest BCUT2D eigenvalue weighted by Gasteiger charge is 2.02. The molecule has 70 valence electrons. The standard InChI is InChI=1S/C11H10N2O/c1-8-6-7-12-13-11(8)9-2-4-10(14)5-3-9/h2-7,14H,1H3. The molecule has 3 nitrogen and oxygen atoms in total. The van der Waals surface area contributed by atoms with Crippen LogP contribution in [0, 0.1) is 6.92 Å². The van der Waals surface area contributed by atoms with Gasteiger partial charge < -0.3 is 5.11 Å². The van der Waals surface area contributed by atoms with Gasteiger partial charge in [0.25, 0.3) is 0 Å². The molecule has 1 aromatic carbocycles. The van der Waals surface area contributed by atoms with Gasteiger partial charge in [-0.05, 0) is 42.8 Å². The number of aryl methyl sites for hydroxylation is 1. The molecule has 1 aromatic heterocycles. The molecule has 0 unspecified atom stereocenters. The van der Waals surface area contributed by atoms with Crippen LogP contribution in [-0.2, 0) is 0 Å². The van der Waals surface area contributed by atoms with Crippen molar-refractivity contribution in [2.24, 2.45) is 0 Å². The van der Waals surface area contributed by atoms with E-state index >= 15 is 0 Å². The second-order valence-electron chi connectivity index (χ2n) is 3.11. The van der Waals surface area contributed by atoms with Gasteiger partial charge >= 0.3 is 0 Å². The minimum atomic E-state index is 0.260. The molecule has 2 rings (SSSR count). The van der Waals surface area contributed by atoms with Gasteiger partial charge in [-0.3, -0.25) is 0 Å². The van der Waals surface area contributed by atoms with Crippen LogP contribution in [0.4, 0.5) is 0 Å². The zero-order valence-corrected chi connectivity index (χ0v) is 7.81. The number of aromatic hydroxyl groups is 1. The van der Waals surface area contributed by atoms with Crippen molar-refractivity contribution < 1.29 is 5.11 Å². The predicted octanol–water partition coefficient (Wildman–Crippen LogP) is 2.16. The smallest absolute Gasteiger partial charge is 0.115 e. The molecule has 0 bridgehead atoms. The second kappa shape index (κ2) is 3.46. The minimum Gasteiger partial charge on any atom is -0.508 e. The highest BCUT2D eigenvalue weighted by molar-refractivity contribution is 5.62. The van der Waals surface area contributed by atoms with E-state index in [4.69, 9.17) is 5.11 Å². The fourth-order valence-electron chi connectivity index (χ4n) is 1.30. The van der Waals surface area contributed by atoms with Gasteiger partial charge in [0.2, 0.25) is 0 Å². The molecule has 0 aliphatic rings. The number of hydrogen-bond acceptors (Lipinski definition) is 3. The summed E-state index contributed by atoms with van der Waals surface area (Å²) in [4.78, 5) is 0. The lowest BCUT2D eigenvalue weighted by Crippen LogP contribution is -1.89. The van der Waals surface area contributed by atoms with Crippen molar-refractivity contribution in [2.75, 3.05) is 0 Å². The monoisotopic (exact) mass is 186 g/mol. The van der Waals surface area contributed by atoms with E-state index in [1.54, 1.807) is 18.3 Å². The van der Waals surface area contributed by atoms with E-state index in [9.17, 15) is 0 Å². The Labute approximate surface area is 82.1 Å². The number of rotatable bonds is 1. The third kappa shape index (κ3) is 1.57. The van der Waals surface area contributed by atoms with Crippen LogP contribution in [0.2, 0.25) is 0 Å². The van der Waals surface area contributed by atoms with Gasteiger partial charge in [-0.15, -0.1) is 0 Å². The summed E-state index contributed by atoms with van der Waals surface area (Å²) in [5.41, 5.74) is 2.89. The van der Waals surface area contributed by atoms with Crippen molar-refractivity contribution in [2.45, 2.75) is 6.92 Å². The van der Waals surface area contributed by atoms with Crippen LogP contribution in [-0.4, -0.2) is 15.3 Å². The summed E-state index contributed by atoms with van der Waals surface area (Å²) in [5, 5.41) is 17.0. The van der Waals surface area contributed by atoms with Crippen LogP contribution in [0.25, 0.3) is 11.3 Å². The summed E-state index contributed by atoms with van der Waals surface area (Å²) < 4.78 is 0. The van der Waals surface area contributed by atoms with Gasteiger partial charge in [0.05, 0.1) is 5.69 Å². The van der Waals surface area contributed by atoms with Gasteiger partial charge in [-0.1, -0.05) is 0 Å². The quantitative estimate of drug-likeness (QED) is 0.742. The highest BCUT2D eigenvalue weighted by Crippen LogP contribution is 2.21. The maximum atomic E-state index is 9.14. The Balaban J connectivity index is 2.50. The highest BCUT2D eigenvalue weighted by atomic mass is 16.3. The maximum Gasteiger partial charge on any atom is 0.115 e. The first-order valence-corrected chi connectivity index (χ1v) is 4.35. The Bertz CT molecular complexity index is 437. The zero-order valence-electron chi connectivity index (χ0n) is 7.81. The Kier molecular flexibility index (Phi) is 2.14. The lowest BCUT2D eigenvalue weighted by molar-refractivity contribution is 0.475. The van der Waals surface area contributed by atoms with Crippen molar-refractivity contribution in [3.8, 4) is 17.0 Å². The van der Waals surface area contributed by atoms with E-state index in [0.29, 0.717) is 0 Å². The number of aromatic nitrogens is 2. The third-order valence-electron chi connectivity index (χ3n) is 2.06. The van der Waals surface area contributed by atoms with Gasteiger partial charge in [-0.2, -0.15) is 10.2 Å². The summed E-state index contributed by atoms with van der Waals surface area (Å²) in [6.07, 6.45) is 1.67. The fraction of sp³-hybridized carbons (Fsp3) is 0.0909. The van der Waals surface area contributed by atoms with Gasteiger partial charge in [0.15, 0.2) is 0 Å². The SMILES string of the molecule is Cc1ccnnc1-c1ccc(O)cc1. The topological polar surface area (TPSA) is 46.0 Å². The molecule has 0 spiro atoms. The molecule has 1 N–H and O–H groups in total. The van der Waals surface area contributed by atoms with Crippen molar-refractivity contribution in [3.63, 3.8) is 0 Å². The average molecular weight is 186 g/mol. The minimum absolute atomic E-state index is 0.260. The molecule has 14 heavy (non-hydrogen) atoms.